The van der Waals surface area contributed by atoms with Gasteiger partial charge in [-0.3, -0.25) is 0 Å². The van der Waals surface area contributed by atoms with Crippen molar-refractivity contribution in [3.63, 3.8) is 0 Å². The van der Waals surface area contributed by atoms with Gasteiger partial charge in [0.1, 0.15) is 11.5 Å². The van der Waals surface area contributed by atoms with Crippen molar-refractivity contribution in [1.82, 2.24) is 0 Å². The van der Waals surface area contributed by atoms with Crippen LogP contribution in [0.1, 0.15) is 5.56 Å². The van der Waals surface area contributed by atoms with Crippen LogP contribution in [0.25, 0.3) is 65.3 Å². The largest absolute Gasteiger partial charge is 0.456 e. The minimum atomic E-state index is 0.666. The lowest BCUT2D eigenvalue weighted by molar-refractivity contribution is 0.487. The smallest absolute Gasteiger partial charge is 0.136 e. The maximum atomic E-state index is 9.60. The maximum absolute atomic E-state index is 9.60. The van der Waals surface area contributed by atoms with Gasteiger partial charge in [-0.2, -0.15) is 5.26 Å². The van der Waals surface area contributed by atoms with Crippen molar-refractivity contribution in [1.29, 1.82) is 5.26 Å². The molecule has 2 heteroatoms. The molecule has 0 aromatic heterocycles. The summed E-state index contributed by atoms with van der Waals surface area (Å²) in [5.41, 5.74) is 5.13. The molecule has 0 saturated heterocycles. The highest BCUT2D eigenvalue weighted by Crippen LogP contribution is 2.49. The van der Waals surface area contributed by atoms with Crippen molar-refractivity contribution in [3.05, 3.63) is 121 Å². The summed E-state index contributed by atoms with van der Waals surface area (Å²) in [6.07, 6.45) is 0. The van der Waals surface area contributed by atoms with Crippen molar-refractivity contribution in [3.8, 4) is 39.8 Å². The van der Waals surface area contributed by atoms with E-state index in [1.54, 1.807) is 0 Å². The molecule has 0 aliphatic carbocycles. The summed E-state index contributed by atoms with van der Waals surface area (Å²) in [5.74, 6) is 1.63. The second kappa shape index (κ2) is 7.43. The van der Waals surface area contributed by atoms with Gasteiger partial charge in [0.25, 0.3) is 0 Å². The van der Waals surface area contributed by atoms with Crippen molar-refractivity contribution >= 4 is 43.1 Å². The van der Waals surface area contributed by atoms with Crippen molar-refractivity contribution < 1.29 is 4.74 Å². The summed E-state index contributed by atoms with van der Waals surface area (Å²) in [4.78, 5) is 0. The summed E-state index contributed by atoms with van der Waals surface area (Å²) in [6, 6.07) is 42.7. The van der Waals surface area contributed by atoms with Gasteiger partial charge in [0.05, 0.1) is 11.6 Å². The number of ether oxygens (including phenoxy) is 1. The van der Waals surface area contributed by atoms with E-state index in [4.69, 9.17) is 4.74 Å². The molecular formula is C35H19NO. The molecule has 0 amide bonds. The van der Waals surface area contributed by atoms with Crippen LogP contribution in [-0.4, -0.2) is 0 Å². The van der Waals surface area contributed by atoms with Gasteiger partial charge in [-0.1, -0.05) is 84.9 Å². The quantitative estimate of drug-likeness (QED) is 0.224. The molecule has 1 aliphatic heterocycles. The van der Waals surface area contributed by atoms with E-state index >= 15 is 0 Å². The van der Waals surface area contributed by atoms with Crippen LogP contribution in [0.3, 0.4) is 0 Å². The third kappa shape index (κ3) is 2.80. The fourth-order valence-electron chi connectivity index (χ4n) is 6.00. The number of nitrogens with zero attached hydrogens (tertiary/aromatic N) is 1. The number of fused-ring (bicyclic) bond motifs is 7. The Morgan fingerprint density at radius 2 is 1.27 bits per heavy atom. The molecule has 0 atom stereocenters. The first-order valence-electron chi connectivity index (χ1n) is 12.4. The van der Waals surface area contributed by atoms with Gasteiger partial charge in [0, 0.05) is 16.3 Å². The lowest BCUT2D eigenvalue weighted by Crippen LogP contribution is -1.98. The van der Waals surface area contributed by atoms with E-state index in [2.05, 4.69) is 97.1 Å². The first-order chi connectivity index (χ1) is 18.3. The van der Waals surface area contributed by atoms with Crippen LogP contribution >= 0.6 is 0 Å². The molecule has 0 unspecified atom stereocenters. The molecule has 1 heterocycles. The van der Waals surface area contributed by atoms with Crippen LogP contribution in [0.2, 0.25) is 0 Å². The first-order valence-corrected chi connectivity index (χ1v) is 12.4. The van der Waals surface area contributed by atoms with Gasteiger partial charge in [-0.15, -0.1) is 0 Å². The zero-order valence-electron chi connectivity index (χ0n) is 19.8. The Labute approximate surface area is 213 Å². The standard InChI is InChI=1S/C35H19NO/c36-20-23-14-17-33-35-25(23)10-5-11-30(35)29-16-13-22(18-34(29)37-33)31-19-32-24-7-2-1-6-21(24)12-15-28(32)26-8-3-4-9-27(26)31/h1-19H. The minimum Gasteiger partial charge on any atom is -0.456 e. The summed E-state index contributed by atoms with van der Waals surface area (Å²) < 4.78 is 6.47. The fourth-order valence-corrected chi connectivity index (χ4v) is 6.00. The van der Waals surface area contributed by atoms with E-state index in [-0.39, 0.29) is 0 Å². The average molecular weight is 470 g/mol. The molecule has 0 bridgehead atoms. The number of benzene rings is 7. The summed E-state index contributed by atoms with van der Waals surface area (Å²) in [6.45, 7) is 0. The summed E-state index contributed by atoms with van der Waals surface area (Å²) in [7, 11) is 0. The monoisotopic (exact) mass is 469 g/mol. The van der Waals surface area contributed by atoms with E-state index < -0.39 is 0 Å². The second-order valence-electron chi connectivity index (χ2n) is 9.62. The highest BCUT2D eigenvalue weighted by Gasteiger charge is 2.22. The number of hydrogen-bond acceptors (Lipinski definition) is 2. The third-order valence-corrected chi connectivity index (χ3v) is 7.69. The van der Waals surface area contributed by atoms with Crippen LogP contribution in [0.4, 0.5) is 0 Å². The molecule has 1 aliphatic rings. The topological polar surface area (TPSA) is 33.0 Å². The summed E-state index contributed by atoms with van der Waals surface area (Å²) >= 11 is 0. The lowest BCUT2D eigenvalue weighted by Gasteiger charge is -2.22. The molecule has 7 aromatic carbocycles. The molecule has 2 nitrogen and oxygen atoms in total. The number of nitriles is 1. The van der Waals surface area contributed by atoms with Crippen LogP contribution in [0.5, 0.6) is 11.5 Å². The molecule has 170 valence electrons. The highest BCUT2D eigenvalue weighted by molar-refractivity contribution is 6.21. The van der Waals surface area contributed by atoms with Gasteiger partial charge in [0.15, 0.2) is 0 Å². The Bertz CT molecular complexity index is 2130. The predicted octanol–water partition coefficient (Wildman–Crippen LogP) is 9.61. The predicted molar refractivity (Wildman–Crippen MR) is 152 cm³/mol. The van der Waals surface area contributed by atoms with Gasteiger partial charge in [0.2, 0.25) is 0 Å². The maximum Gasteiger partial charge on any atom is 0.136 e. The van der Waals surface area contributed by atoms with E-state index in [1.807, 2.05) is 24.3 Å². The van der Waals surface area contributed by atoms with Gasteiger partial charge >= 0.3 is 0 Å². The van der Waals surface area contributed by atoms with Crippen LogP contribution < -0.4 is 4.74 Å². The first kappa shape index (κ1) is 20.1. The van der Waals surface area contributed by atoms with E-state index in [9.17, 15) is 5.26 Å². The van der Waals surface area contributed by atoms with Crippen molar-refractivity contribution in [2.75, 3.05) is 0 Å². The molecule has 0 radical (unpaired) electrons. The highest BCUT2D eigenvalue weighted by atomic mass is 16.5. The Morgan fingerprint density at radius 1 is 0.486 bits per heavy atom. The molecular weight excluding hydrogens is 450 g/mol. The van der Waals surface area contributed by atoms with Gasteiger partial charge in [-0.05, 0) is 79.3 Å². The minimum absolute atomic E-state index is 0.666. The Morgan fingerprint density at radius 3 is 2.16 bits per heavy atom. The van der Waals surface area contributed by atoms with E-state index in [0.29, 0.717) is 5.56 Å². The lowest BCUT2D eigenvalue weighted by atomic mass is 9.88. The summed E-state index contributed by atoms with van der Waals surface area (Å²) in [5, 5.41) is 19.0. The normalized spacial score (nSPS) is 12.0. The van der Waals surface area contributed by atoms with Crippen LogP contribution in [0, 0.1) is 11.3 Å². The molecule has 0 fully saturated rings. The Kier molecular flexibility index (Phi) is 4.04. The Balaban J connectivity index is 1.40. The zero-order chi connectivity index (χ0) is 24.5. The van der Waals surface area contributed by atoms with E-state index in [1.165, 1.54) is 37.9 Å². The average Bonchev–Trinajstić information content (AvgIpc) is 2.96. The molecule has 0 spiro atoms. The van der Waals surface area contributed by atoms with Crippen LogP contribution in [0.15, 0.2) is 115 Å². The molecule has 37 heavy (non-hydrogen) atoms. The van der Waals surface area contributed by atoms with Gasteiger partial charge in [-0.25, -0.2) is 0 Å². The molecule has 0 N–H and O–H groups in total. The van der Waals surface area contributed by atoms with Crippen LogP contribution in [-0.2, 0) is 0 Å². The third-order valence-electron chi connectivity index (χ3n) is 7.69. The molecule has 8 rings (SSSR count). The zero-order valence-corrected chi connectivity index (χ0v) is 19.8. The number of hydrogen-bond donors (Lipinski definition) is 0. The van der Waals surface area contributed by atoms with E-state index in [0.717, 1.165) is 39.0 Å². The molecule has 7 aromatic rings. The van der Waals surface area contributed by atoms with Gasteiger partial charge < -0.3 is 4.74 Å². The fraction of sp³-hybridized carbons (Fsp3) is 0. The molecule has 0 saturated carbocycles. The van der Waals surface area contributed by atoms with Crippen molar-refractivity contribution in [2.24, 2.45) is 0 Å². The van der Waals surface area contributed by atoms with Crippen molar-refractivity contribution in [2.45, 2.75) is 0 Å². The second-order valence-corrected chi connectivity index (χ2v) is 9.62. The number of rotatable bonds is 1. The SMILES string of the molecule is N#Cc1ccc2c3c(cccc13)-c1ccc(-c3cc4c5ccccc5ccc4c4ccccc34)cc1O2. The Hall–Kier alpha value is -5.13.